The third-order valence-electron chi connectivity index (χ3n) is 3.77. The second kappa shape index (κ2) is 6.05. The van der Waals surface area contributed by atoms with E-state index < -0.39 is 0 Å². The van der Waals surface area contributed by atoms with Crippen LogP contribution in [0.5, 0.6) is 0 Å². The number of likely N-dealkylation sites (tertiary alicyclic amines) is 2. The smallest absolute Gasteiger partial charge is 0.223 e. The molecule has 2 rings (SSSR count). The summed E-state index contributed by atoms with van der Waals surface area (Å²) in [6, 6.07) is 0.470. The third kappa shape index (κ3) is 3.59. The maximum atomic E-state index is 11.4. The van der Waals surface area contributed by atoms with Crippen LogP contribution in [0.1, 0.15) is 25.7 Å². The highest BCUT2D eigenvalue weighted by molar-refractivity contribution is 5.78. The molecule has 17 heavy (non-hydrogen) atoms. The zero-order valence-electron chi connectivity index (χ0n) is 10.7. The Morgan fingerprint density at radius 1 is 1.41 bits per heavy atom. The quantitative estimate of drug-likeness (QED) is 0.301. The van der Waals surface area contributed by atoms with E-state index in [1.54, 1.807) is 0 Å². The van der Waals surface area contributed by atoms with Gasteiger partial charge < -0.3 is 33.4 Å². The number of quaternary nitrogens is 1. The molecule has 0 spiro atoms. The maximum absolute atomic E-state index is 11.4. The molecule has 2 aliphatic rings. The molecule has 2 heterocycles. The van der Waals surface area contributed by atoms with Crippen molar-refractivity contribution < 1.29 is 33.3 Å². The van der Waals surface area contributed by atoms with Crippen molar-refractivity contribution in [2.24, 2.45) is 0 Å². The number of carbonyl (C=O) groups is 1. The second-order valence-corrected chi connectivity index (χ2v) is 5.40. The molecule has 0 aromatic carbocycles. The van der Waals surface area contributed by atoms with Gasteiger partial charge in [0.15, 0.2) is 6.04 Å². The Hall–Kier alpha value is -0.280. The Morgan fingerprint density at radius 3 is 2.71 bits per heavy atom. The van der Waals surface area contributed by atoms with Crippen LogP contribution in [0.15, 0.2) is 0 Å². The molecule has 2 fully saturated rings. The summed E-state index contributed by atoms with van der Waals surface area (Å²) >= 11 is 0. The molecule has 3 nitrogen and oxygen atoms in total. The van der Waals surface area contributed by atoms with E-state index in [4.69, 9.17) is 0 Å². The van der Waals surface area contributed by atoms with Crippen molar-refractivity contribution in [3.63, 3.8) is 0 Å². The lowest BCUT2D eigenvalue weighted by Crippen LogP contribution is -3.00. The van der Waals surface area contributed by atoms with Crippen LogP contribution in [-0.4, -0.2) is 55.1 Å². The zero-order valence-corrected chi connectivity index (χ0v) is 12.9. The number of halogens is 1. The van der Waals surface area contributed by atoms with Crippen LogP contribution < -0.4 is 24.0 Å². The first kappa shape index (κ1) is 14.8. The van der Waals surface area contributed by atoms with Crippen molar-refractivity contribution >= 4 is 5.91 Å². The van der Waals surface area contributed by atoms with E-state index in [0.717, 1.165) is 17.4 Å². The molecule has 1 amide bonds. The molecule has 0 N–H and O–H groups in total. The van der Waals surface area contributed by atoms with Gasteiger partial charge in [0.25, 0.3) is 0 Å². The van der Waals surface area contributed by atoms with Gasteiger partial charge >= 0.3 is 0 Å². The van der Waals surface area contributed by atoms with Crippen molar-refractivity contribution in [1.29, 1.82) is 0 Å². The largest absolute Gasteiger partial charge is 1.00 e. The molecule has 2 aliphatic heterocycles. The van der Waals surface area contributed by atoms with Crippen LogP contribution >= 0.6 is 0 Å². The van der Waals surface area contributed by atoms with Crippen LogP contribution in [0.2, 0.25) is 0 Å². The van der Waals surface area contributed by atoms with Gasteiger partial charge in [0, 0.05) is 25.8 Å². The van der Waals surface area contributed by atoms with Crippen molar-refractivity contribution in [1.82, 2.24) is 4.90 Å². The molecule has 0 aliphatic carbocycles. The van der Waals surface area contributed by atoms with Crippen molar-refractivity contribution in [3.8, 4) is 11.8 Å². The Bertz CT molecular complexity index is 343. The lowest BCUT2D eigenvalue weighted by atomic mass is 10.2. The van der Waals surface area contributed by atoms with Gasteiger partial charge in [-0.05, 0) is 12.3 Å². The number of amides is 1. The highest BCUT2D eigenvalue weighted by Gasteiger charge is 2.32. The fourth-order valence-corrected chi connectivity index (χ4v) is 2.57. The number of hydrogen-bond acceptors (Lipinski definition) is 1. The van der Waals surface area contributed by atoms with Gasteiger partial charge in [-0.2, -0.15) is 0 Å². The normalized spacial score (nSPS) is 26.4. The molecule has 1 atom stereocenters. The van der Waals surface area contributed by atoms with E-state index >= 15 is 0 Å². The molecule has 0 aromatic rings. The van der Waals surface area contributed by atoms with Gasteiger partial charge in [-0.15, -0.1) is 0 Å². The topological polar surface area (TPSA) is 20.3 Å². The molecular formula is C13H21IN2O. The zero-order chi connectivity index (χ0) is 11.6. The second-order valence-electron chi connectivity index (χ2n) is 5.40. The van der Waals surface area contributed by atoms with E-state index in [1.165, 1.54) is 19.4 Å². The fraction of sp³-hybridized carbons (Fsp3) is 0.769. The summed E-state index contributed by atoms with van der Waals surface area (Å²) in [6.45, 7) is 2.76. The summed E-state index contributed by atoms with van der Waals surface area (Å²) in [4.78, 5) is 13.3. The van der Waals surface area contributed by atoms with E-state index in [1.807, 2.05) is 4.90 Å². The fourth-order valence-electron chi connectivity index (χ4n) is 2.57. The summed E-state index contributed by atoms with van der Waals surface area (Å²) in [6.07, 6.45) is 4.20. The van der Waals surface area contributed by atoms with E-state index in [2.05, 4.69) is 25.9 Å². The van der Waals surface area contributed by atoms with E-state index in [0.29, 0.717) is 19.0 Å². The summed E-state index contributed by atoms with van der Waals surface area (Å²) in [5, 5.41) is 0. The minimum absolute atomic E-state index is 0. The lowest BCUT2D eigenvalue weighted by molar-refractivity contribution is -0.894. The standard InChI is InChI=1S/C13H21N2O.HI/c1-15(2)11-5-7-12(15)6-3-9-14-10-4-8-13(14)16;/h12H,4-5,7-11H2,1-2H3;1H/q+1;/p-1/t12-;/m0./s1. The SMILES string of the molecule is C[N+]1(C)CCC[C@@H]1C#CCN1CCCC1=O.[I-]. The summed E-state index contributed by atoms with van der Waals surface area (Å²) in [5.41, 5.74) is 0. The summed E-state index contributed by atoms with van der Waals surface area (Å²) < 4.78 is 1.01. The van der Waals surface area contributed by atoms with Gasteiger partial charge in [-0.3, -0.25) is 4.79 Å². The van der Waals surface area contributed by atoms with Crippen LogP contribution in [0.3, 0.4) is 0 Å². The molecule has 0 unspecified atom stereocenters. The van der Waals surface area contributed by atoms with Gasteiger partial charge in [-0.25, -0.2) is 0 Å². The highest BCUT2D eigenvalue weighted by Crippen LogP contribution is 2.21. The monoisotopic (exact) mass is 348 g/mol. The minimum atomic E-state index is 0. The van der Waals surface area contributed by atoms with Gasteiger partial charge in [0.2, 0.25) is 5.91 Å². The Kier molecular flexibility index (Phi) is 5.26. The minimum Gasteiger partial charge on any atom is -1.00 e. The lowest BCUT2D eigenvalue weighted by Gasteiger charge is -2.28. The predicted molar refractivity (Wildman–Crippen MR) is 63.6 cm³/mol. The van der Waals surface area contributed by atoms with Crippen LogP contribution in [0.4, 0.5) is 0 Å². The summed E-state index contributed by atoms with van der Waals surface area (Å²) in [5.74, 6) is 6.82. The van der Waals surface area contributed by atoms with Gasteiger partial charge in [0.05, 0.1) is 27.2 Å². The van der Waals surface area contributed by atoms with E-state index in [-0.39, 0.29) is 29.9 Å². The van der Waals surface area contributed by atoms with Crippen molar-refractivity contribution in [3.05, 3.63) is 0 Å². The van der Waals surface area contributed by atoms with Crippen LogP contribution in [0, 0.1) is 11.8 Å². The van der Waals surface area contributed by atoms with Crippen molar-refractivity contribution in [2.45, 2.75) is 31.7 Å². The van der Waals surface area contributed by atoms with E-state index in [9.17, 15) is 4.79 Å². The molecule has 0 bridgehead atoms. The Morgan fingerprint density at radius 2 is 2.18 bits per heavy atom. The molecule has 0 aromatic heterocycles. The number of carbonyl (C=O) groups excluding carboxylic acids is 1. The number of rotatable bonds is 1. The molecule has 2 saturated heterocycles. The summed E-state index contributed by atoms with van der Waals surface area (Å²) in [7, 11) is 4.49. The van der Waals surface area contributed by atoms with Gasteiger partial charge in [0.1, 0.15) is 0 Å². The molecular weight excluding hydrogens is 327 g/mol. The average molecular weight is 348 g/mol. The predicted octanol–water partition coefficient (Wildman–Crippen LogP) is -2.14. The van der Waals surface area contributed by atoms with Crippen molar-refractivity contribution in [2.75, 3.05) is 33.7 Å². The molecule has 4 heteroatoms. The molecule has 0 radical (unpaired) electrons. The first-order chi connectivity index (χ1) is 7.59. The average Bonchev–Trinajstić information content (AvgIpc) is 2.75. The maximum Gasteiger partial charge on any atom is 0.223 e. The van der Waals surface area contributed by atoms with Gasteiger partial charge in [-0.1, -0.05) is 5.92 Å². The Labute approximate surface area is 121 Å². The molecule has 96 valence electrons. The first-order valence-corrected chi connectivity index (χ1v) is 6.18. The van der Waals surface area contributed by atoms with Crippen LogP contribution in [0.25, 0.3) is 0 Å². The third-order valence-corrected chi connectivity index (χ3v) is 3.77. The number of nitrogens with zero attached hydrogens (tertiary/aromatic N) is 2. The molecule has 0 saturated carbocycles. The number of hydrogen-bond donors (Lipinski definition) is 0. The highest BCUT2D eigenvalue weighted by atomic mass is 127. The Balaban J connectivity index is 0.00000144. The van der Waals surface area contributed by atoms with Crippen LogP contribution in [-0.2, 0) is 4.79 Å². The first-order valence-electron chi connectivity index (χ1n) is 6.18.